The molecule has 6 nitrogen and oxygen atoms in total. The van der Waals surface area contributed by atoms with Crippen LogP contribution in [-0.2, 0) is 16.6 Å². The van der Waals surface area contributed by atoms with Crippen LogP contribution >= 0.6 is 0 Å². The summed E-state index contributed by atoms with van der Waals surface area (Å²) in [4.78, 5) is 0.267. The fraction of sp³-hybridized carbons (Fsp3) is 0.769. The first-order chi connectivity index (χ1) is 9.28. The first kappa shape index (κ1) is 17.1. The zero-order valence-electron chi connectivity index (χ0n) is 13.0. The second kappa shape index (κ2) is 7.19. The van der Waals surface area contributed by atoms with E-state index in [1.54, 1.807) is 10.9 Å². The summed E-state index contributed by atoms with van der Waals surface area (Å²) in [6, 6.07) is -0.0666. The molecule has 0 aliphatic heterocycles. The molecule has 1 rings (SSSR count). The van der Waals surface area contributed by atoms with Gasteiger partial charge in [0.05, 0.1) is 12.7 Å². The van der Waals surface area contributed by atoms with Gasteiger partial charge in [0.2, 0.25) is 10.0 Å². The number of nitrogens with zero attached hydrogens (tertiary/aromatic N) is 3. The highest BCUT2D eigenvalue weighted by Crippen LogP contribution is 2.19. The number of aromatic nitrogens is 2. The van der Waals surface area contributed by atoms with Gasteiger partial charge in [0, 0.05) is 25.3 Å². The van der Waals surface area contributed by atoms with Crippen molar-refractivity contribution in [1.82, 2.24) is 19.4 Å². The summed E-state index contributed by atoms with van der Waals surface area (Å²) >= 11 is 0. The number of hydrogen-bond donors (Lipinski definition) is 1. The Labute approximate surface area is 122 Å². The lowest BCUT2D eigenvalue weighted by Gasteiger charge is -2.26. The van der Waals surface area contributed by atoms with E-state index in [0.717, 1.165) is 6.54 Å². The predicted molar refractivity (Wildman–Crippen MR) is 80.0 cm³/mol. The van der Waals surface area contributed by atoms with Crippen LogP contribution in [0.25, 0.3) is 0 Å². The molecule has 0 aliphatic rings. The molecule has 0 saturated heterocycles. The Kier molecular flexibility index (Phi) is 6.16. The lowest BCUT2D eigenvalue weighted by Crippen LogP contribution is -2.39. The lowest BCUT2D eigenvalue weighted by atomic mass is 10.2. The minimum absolute atomic E-state index is 0.0666. The molecule has 0 unspecified atom stereocenters. The zero-order valence-corrected chi connectivity index (χ0v) is 13.8. The van der Waals surface area contributed by atoms with Crippen LogP contribution < -0.4 is 5.32 Å². The van der Waals surface area contributed by atoms with Crippen LogP contribution in [0.1, 0.15) is 27.7 Å². The van der Waals surface area contributed by atoms with Crippen molar-refractivity contribution in [3.63, 3.8) is 0 Å². The van der Waals surface area contributed by atoms with E-state index in [-0.39, 0.29) is 16.9 Å². The Morgan fingerprint density at radius 2 is 2.00 bits per heavy atom. The third-order valence-corrected chi connectivity index (χ3v) is 4.92. The molecule has 7 heteroatoms. The number of nitrogens with one attached hydrogen (secondary N) is 1. The first-order valence-corrected chi connectivity index (χ1v) is 8.42. The Hall–Kier alpha value is -0.920. The van der Waals surface area contributed by atoms with Crippen molar-refractivity contribution >= 4 is 10.0 Å². The van der Waals surface area contributed by atoms with Crippen molar-refractivity contribution in [3.8, 4) is 0 Å². The molecule has 0 radical (unpaired) electrons. The largest absolute Gasteiger partial charge is 0.318 e. The summed E-state index contributed by atoms with van der Waals surface area (Å²) in [6.45, 7) is 9.74. The number of hydrogen-bond acceptors (Lipinski definition) is 4. The van der Waals surface area contributed by atoms with Gasteiger partial charge in [-0.05, 0) is 26.8 Å². The van der Waals surface area contributed by atoms with Crippen molar-refractivity contribution in [2.24, 2.45) is 5.92 Å². The minimum Gasteiger partial charge on any atom is -0.318 e. The van der Waals surface area contributed by atoms with Gasteiger partial charge in [-0.25, -0.2) is 8.42 Å². The molecular weight excluding hydrogens is 276 g/mol. The summed E-state index contributed by atoms with van der Waals surface area (Å²) in [5.74, 6) is 0.284. The highest BCUT2D eigenvalue weighted by Gasteiger charge is 2.28. The molecule has 20 heavy (non-hydrogen) atoms. The Morgan fingerprint density at radius 1 is 1.35 bits per heavy atom. The van der Waals surface area contributed by atoms with E-state index < -0.39 is 10.0 Å². The molecule has 0 bridgehead atoms. The van der Waals surface area contributed by atoms with Crippen molar-refractivity contribution in [3.05, 3.63) is 12.4 Å². The van der Waals surface area contributed by atoms with E-state index >= 15 is 0 Å². The van der Waals surface area contributed by atoms with Gasteiger partial charge < -0.3 is 5.32 Å². The van der Waals surface area contributed by atoms with Crippen LogP contribution in [0.3, 0.4) is 0 Å². The molecule has 0 spiro atoms. The fourth-order valence-electron chi connectivity index (χ4n) is 1.91. The van der Waals surface area contributed by atoms with Crippen LogP contribution in [0.15, 0.2) is 17.3 Å². The third kappa shape index (κ3) is 4.29. The molecule has 0 aliphatic carbocycles. The maximum absolute atomic E-state index is 12.7. The zero-order chi connectivity index (χ0) is 15.3. The highest BCUT2D eigenvalue weighted by atomic mass is 32.2. The second-order valence-electron chi connectivity index (χ2n) is 5.60. The molecule has 0 atom stereocenters. The fourth-order valence-corrected chi connectivity index (χ4v) is 3.66. The summed E-state index contributed by atoms with van der Waals surface area (Å²) < 4.78 is 28.5. The van der Waals surface area contributed by atoms with Crippen molar-refractivity contribution in [1.29, 1.82) is 0 Å². The van der Waals surface area contributed by atoms with Crippen LogP contribution in [-0.4, -0.2) is 48.7 Å². The van der Waals surface area contributed by atoms with E-state index in [1.165, 1.54) is 10.5 Å². The molecule has 0 saturated carbocycles. The van der Waals surface area contributed by atoms with E-state index in [0.29, 0.717) is 13.1 Å². The molecule has 0 fully saturated rings. The normalized spacial score (nSPS) is 12.8. The molecule has 1 aromatic rings. The Morgan fingerprint density at radius 3 is 2.50 bits per heavy atom. The minimum atomic E-state index is -3.47. The van der Waals surface area contributed by atoms with Gasteiger partial charge in [0.1, 0.15) is 4.90 Å². The van der Waals surface area contributed by atoms with E-state index in [9.17, 15) is 8.42 Å². The quantitative estimate of drug-likeness (QED) is 0.782. The molecule has 1 aromatic heterocycles. The number of rotatable bonds is 8. The van der Waals surface area contributed by atoms with E-state index in [2.05, 4.69) is 10.4 Å². The maximum Gasteiger partial charge on any atom is 0.246 e. The van der Waals surface area contributed by atoms with Gasteiger partial charge in [0.25, 0.3) is 0 Å². The van der Waals surface area contributed by atoms with Gasteiger partial charge in [0.15, 0.2) is 0 Å². The van der Waals surface area contributed by atoms with Gasteiger partial charge in [-0.3, -0.25) is 4.68 Å². The smallest absolute Gasteiger partial charge is 0.246 e. The Balaban J connectivity index is 2.98. The Bertz CT molecular complexity index is 508. The molecule has 1 heterocycles. The molecule has 0 aromatic carbocycles. The van der Waals surface area contributed by atoms with Gasteiger partial charge in [-0.1, -0.05) is 13.8 Å². The lowest BCUT2D eigenvalue weighted by molar-refractivity contribution is 0.319. The summed E-state index contributed by atoms with van der Waals surface area (Å²) in [5, 5.41) is 7.12. The van der Waals surface area contributed by atoms with E-state index in [4.69, 9.17) is 0 Å². The molecule has 116 valence electrons. The first-order valence-electron chi connectivity index (χ1n) is 6.98. The highest BCUT2D eigenvalue weighted by molar-refractivity contribution is 7.89. The monoisotopic (exact) mass is 302 g/mol. The predicted octanol–water partition coefficient (Wildman–Crippen LogP) is 1.16. The summed E-state index contributed by atoms with van der Waals surface area (Å²) in [7, 11) is -1.62. The van der Waals surface area contributed by atoms with Crippen molar-refractivity contribution < 1.29 is 8.42 Å². The number of likely N-dealkylation sites (N-methyl/N-ethyl adjacent to an activating group) is 1. The van der Waals surface area contributed by atoms with Gasteiger partial charge in [-0.15, -0.1) is 0 Å². The topological polar surface area (TPSA) is 67.2 Å². The van der Waals surface area contributed by atoms with E-state index in [1.807, 2.05) is 34.7 Å². The van der Waals surface area contributed by atoms with Crippen LogP contribution in [0.5, 0.6) is 0 Å². The SMILES string of the molecule is CNCCn1cc(S(=O)(=O)N(CC(C)C)C(C)C)cn1. The van der Waals surface area contributed by atoms with Crippen molar-refractivity contribution in [2.75, 3.05) is 20.1 Å². The maximum atomic E-state index is 12.7. The molecule has 0 amide bonds. The second-order valence-corrected chi connectivity index (χ2v) is 7.50. The molecular formula is C13H26N4O2S. The summed E-state index contributed by atoms with van der Waals surface area (Å²) in [5.41, 5.74) is 0. The van der Waals surface area contributed by atoms with Gasteiger partial charge in [-0.2, -0.15) is 9.40 Å². The van der Waals surface area contributed by atoms with Crippen molar-refractivity contribution in [2.45, 2.75) is 45.2 Å². The van der Waals surface area contributed by atoms with Crippen LogP contribution in [0.4, 0.5) is 0 Å². The summed E-state index contributed by atoms with van der Waals surface area (Å²) in [6.07, 6.45) is 3.03. The third-order valence-electron chi connectivity index (χ3n) is 2.93. The average molecular weight is 302 g/mol. The molecule has 1 N–H and O–H groups in total. The van der Waals surface area contributed by atoms with Gasteiger partial charge >= 0.3 is 0 Å². The van der Waals surface area contributed by atoms with Crippen LogP contribution in [0, 0.1) is 5.92 Å². The van der Waals surface area contributed by atoms with Crippen LogP contribution in [0.2, 0.25) is 0 Å². The standard InChI is InChI=1S/C13H26N4O2S/c1-11(2)9-17(12(3)4)20(18,19)13-8-15-16(10-13)7-6-14-5/h8,10-12,14H,6-7,9H2,1-5H3. The average Bonchev–Trinajstić information content (AvgIpc) is 2.82. The number of sulfonamides is 1.